The number of carbonyl (C=O) groups is 1. The van der Waals surface area contributed by atoms with Crippen LogP contribution in [-0.2, 0) is 4.79 Å². The third kappa shape index (κ3) is 0.770. The SMILES string of the molecule is O=C1CCN2CC(F)CC12. The molecule has 2 heterocycles. The quantitative estimate of drug-likeness (QED) is 0.488. The zero-order chi connectivity index (χ0) is 7.14. The van der Waals surface area contributed by atoms with Crippen molar-refractivity contribution in [1.29, 1.82) is 0 Å². The smallest absolute Gasteiger partial charge is 0.151 e. The summed E-state index contributed by atoms with van der Waals surface area (Å²) in [7, 11) is 0. The van der Waals surface area contributed by atoms with Crippen molar-refractivity contribution >= 4 is 5.78 Å². The second-order valence-corrected chi connectivity index (χ2v) is 3.06. The van der Waals surface area contributed by atoms with Gasteiger partial charge in [-0.25, -0.2) is 4.39 Å². The average molecular weight is 143 g/mol. The minimum atomic E-state index is -0.755. The van der Waals surface area contributed by atoms with E-state index >= 15 is 0 Å². The molecule has 0 bridgehead atoms. The van der Waals surface area contributed by atoms with Gasteiger partial charge in [0.1, 0.15) is 6.17 Å². The lowest BCUT2D eigenvalue weighted by atomic mass is 10.1. The summed E-state index contributed by atoms with van der Waals surface area (Å²) in [6.45, 7) is 1.26. The average Bonchev–Trinajstić information content (AvgIpc) is 2.35. The number of hydrogen-bond acceptors (Lipinski definition) is 2. The fourth-order valence-corrected chi connectivity index (χ4v) is 1.85. The number of Topliss-reactive ketones (excluding diaryl/α,β-unsaturated/α-hetero) is 1. The van der Waals surface area contributed by atoms with Gasteiger partial charge in [0, 0.05) is 25.9 Å². The van der Waals surface area contributed by atoms with E-state index in [0.717, 1.165) is 6.54 Å². The predicted octanol–water partition coefficient (Wildman–Crippen LogP) is 0.372. The summed E-state index contributed by atoms with van der Waals surface area (Å²) >= 11 is 0. The van der Waals surface area contributed by atoms with Gasteiger partial charge in [0.25, 0.3) is 0 Å². The van der Waals surface area contributed by atoms with E-state index in [1.807, 2.05) is 4.90 Å². The number of rotatable bonds is 0. The molecule has 2 saturated heterocycles. The minimum absolute atomic E-state index is 0.0602. The number of halogens is 1. The zero-order valence-corrected chi connectivity index (χ0v) is 5.72. The van der Waals surface area contributed by atoms with Gasteiger partial charge in [0.15, 0.2) is 5.78 Å². The summed E-state index contributed by atoms with van der Waals surface area (Å²) in [5.74, 6) is 0.236. The fourth-order valence-electron chi connectivity index (χ4n) is 1.85. The van der Waals surface area contributed by atoms with Crippen LogP contribution in [0.4, 0.5) is 4.39 Å². The van der Waals surface area contributed by atoms with Crippen LogP contribution in [0.5, 0.6) is 0 Å². The lowest BCUT2D eigenvalue weighted by Crippen LogP contribution is -2.25. The van der Waals surface area contributed by atoms with E-state index in [4.69, 9.17) is 0 Å². The van der Waals surface area contributed by atoms with Gasteiger partial charge < -0.3 is 0 Å². The molecule has 2 aliphatic heterocycles. The van der Waals surface area contributed by atoms with Crippen LogP contribution in [0.1, 0.15) is 12.8 Å². The summed E-state index contributed by atoms with van der Waals surface area (Å²) < 4.78 is 12.6. The Labute approximate surface area is 59.0 Å². The normalized spacial score (nSPS) is 40.7. The van der Waals surface area contributed by atoms with Gasteiger partial charge in [-0.3, -0.25) is 9.69 Å². The van der Waals surface area contributed by atoms with E-state index in [2.05, 4.69) is 0 Å². The molecule has 0 saturated carbocycles. The van der Waals surface area contributed by atoms with Crippen molar-refractivity contribution in [3.05, 3.63) is 0 Å². The molecule has 2 unspecified atom stereocenters. The monoisotopic (exact) mass is 143 g/mol. The maximum Gasteiger partial charge on any atom is 0.151 e. The standard InChI is InChI=1S/C7H10FNO/c8-5-3-6-7(10)1-2-9(6)4-5/h5-6H,1-4H2. The maximum atomic E-state index is 12.6. The van der Waals surface area contributed by atoms with E-state index in [1.165, 1.54) is 0 Å². The minimum Gasteiger partial charge on any atom is -0.298 e. The second-order valence-electron chi connectivity index (χ2n) is 3.06. The van der Waals surface area contributed by atoms with Gasteiger partial charge >= 0.3 is 0 Å². The Kier molecular flexibility index (Phi) is 1.27. The van der Waals surface area contributed by atoms with Gasteiger partial charge in [-0.15, -0.1) is 0 Å². The molecule has 2 rings (SSSR count). The van der Waals surface area contributed by atoms with Crippen molar-refractivity contribution in [2.45, 2.75) is 25.1 Å². The summed E-state index contributed by atoms with van der Waals surface area (Å²) in [6, 6.07) is -0.0602. The molecule has 0 N–H and O–H groups in total. The maximum absolute atomic E-state index is 12.6. The first-order chi connectivity index (χ1) is 4.77. The van der Waals surface area contributed by atoms with Gasteiger partial charge in [-0.05, 0) is 0 Å². The van der Waals surface area contributed by atoms with E-state index in [0.29, 0.717) is 19.4 Å². The number of ketones is 1. The molecule has 2 fully saturated rings. The number of alkyl halides is 1. The Hall–Kier alpha value is -0.440. The molecule has 0 aliphatic carbocycles. The van der Waals surface area contributed by atoms with E-state index in [-0.39, 0.29) is 11.8 Å². The molecule has 2 atom stereocenters. The Bertz CT molecular complexity index is 171. The fraction of sp³-hybridized carbons (Fsp3) is 0.857. The number of carbonyl (C=O) groups excluding carboxylic acids is 1. The van der Waals surface area contributed by atoms with E-state index < -0.39 is 6.17 Å². The van der Waals surface area contributed by atoms with Crippen molar-refractivity contribution in [2.75, 3.05) is 13.1 Å². The molecule has 0 aromatic carbocycles. The highest BCUT2D eigenvalue weighted by atomic mass is 19.1. The largest absolute Gasteiger partial charge is 0.298 e. The predicted molar refractivity (Wildman–Crippen MR) is 34.5 cm³/mol. The molecule has 0 aromatic rings. The number of fused-ring (bicyclic) bond motifs is 1. The highest BCUT2D eigenvalue weighted by Gasteiger charge is 2.40. The van der Waals surface area contributed by atoms with Gasteiger partial charge in [0.05, 0.1) is 6.04 Å². The van der Waals surface area contributed by atoms with Crippen LogP contribution in [0.3, 0.4) is 0 Å². The highest BCUT2D eigenvalue weighted by Crippen LogP contribution is 2.26. The topological polar surface area (TPSA) is 20.3 Å². The number of nitrogens with zero attached hydrogens (tertiary/aromatic N) is 1. The first kappa shape index (κ1) is 6.28. The molecule has 0 amide bonds. The van der Waals surface area contributed by atoms with Crippen molar-refractivity contribution in [2.24, 2.45) is 0 Å². The first-order valence-electron chi connectivity index (χ1n) is 3.68. The van der Waals surface area contributed by atoms with Crippen LogP contribution in [0.15, 0.2) is 0 Å². The molecular weight excluding hydrogens is 133 g/mol. The Morgan fingerprint density at radius 3 is 3.10 bits per heavy atom. The highest BCUT2D eigenvalue weighted by molar-refractivity contribution is 5.86. The molecule has 0 aromatic heterocycles. The van der Waals surface area contributed by atoms with Crippen molar-refractivity contribution in [1.82, 2.24) is 4.90 Å². The molecule has 56 valence electrons. The summed E-state index contributed by atoms with van der Waals surface area (Å²) in [5.41, 5.74) is 0. The Morgan fingerprint density at radius 2 is 2.40 bits per heavy atom. The second kappa shape index (κ2) is 2.02. The lowest BCUT2D eigenvalue weighted by molar-refractivity contribution is -0.119. The van der Waals surface area contributed by atoms with Crippen LogP contribution in [0.25, 0.3) is 0 Å². The van der Waals surface area contributed by atoms with Gasteiger partial charge in [0.2, 0.25) is 0 Å². The third-order valence-corrected chi connectivity index (χ3v) is 2.37. The van der Waals surface area contributed by atoms with Gasteiger partial charge in [-0.2, -0.15) is 0 Å². The molecule has 3 heteroatoms. The first-order valence-corrected chi connectivity index (χ1v) is 3.68. The Balaban J connectivity index is 2.12. The van der Waals surface area contributed by atoms with Crippen LogP contribution in [0.2, 0.25) is 0 Å². The summed E-state index contributed by atoms with van der Waals surface area (Å²) in [4.78, 5) is 12.9. The molecule has 2 nitrogen and oxygen atoms in total. The van der Waals surface area contributed by atoms with Crippen LogP contribution in [-0.4, -0.2) is 36.0 Å². The van der Waals surface area contributed by atoms with E-state index in [1.54, 1.807) is 0 Å². The summed E-state index contributed by atoms with van der Waals surface area (Å²) in [6.07, 6.45) is 0.324. The zero-order valence-electron chi connectivity index (χ0n) is 5.72. The van der Waals surface area contributed by atoms with Crippen molar-refractivity contribution < 1.29 is 9.18 Å². The molecule has 10 heavy (non-hydrogen) atoms. The molecule has 2 aliphatic rings. The van der Waals surface area contributed by atoms with Crippen LogP contribution < -0.4 is 0 Å². The lowest BCUT2D eigenvalue weighted by Gasteiger charge is -2.10. The number of hydrogen-bond donors (Lipinski definition) is 0. The van der Waals surface area contributed by atoms with Crippen LogP contribution >= 0.6 is 0 Å². The third-order valence-electron chi connectivity index (χ3n) is 2.37. The Morgan fingerprint density at radius 1 is 1.60 bits per heavy atom. The van der Waals surface area contributed by atoms with Crippen molar-refractivity contribution in [3.8, 4) is 0 Å². The molecular formula is C7H10FNO. The summed E-state index contributed by atoms with van der Waals surface area (Å²) in [5, 5.41) is 0. The van der Waals surface area contributed by atoms with E-state index in [9.17, 15) is 9.18 Å². The molecule has 0 spiro atoms. The van der Waals surface area contributed by atoms with Crippen LogP contribution in [0, 0.1) is 0 Å². The van der Waals surface area contributed by atoms with Crippen molar-refractivity contribution in [3.63, 3.8) is 0 Å². The van der Waals surface area contributed by atoms with Gasteiger partial charge in [-0.1, -0.05) is 0 Å². The molecule has 0 radical (unpaired) electrons.